The molecule has 11 heavy (non-hydrogen) atoms. The molecule has 0 heterocycles. The molecule has 1 aromatic carbocycles. The first-order valence-electron chi connectivity index (χ1n) is 3.19. The van der Waals surface area contributed by atoms with Crippen LogP contribution in [0.5, 0.6) is 0 Å². The minimum absolute atomic E-state index is 0.315. The predicted molar refractivity (Wildman–Crippen MR) is 46.7 cm³/mol. The smallest absolute Gasteiger partial charge is 0.218 e. The van der Waals surface area contributed by atoms with Gasteiger partial charge in [0.1, 0.15) is 0 Å². The predicted octanol–water partition coefficient (Wildman–Crippen LogP) is 2.12. The number of hydrogen-bond acceptors (Lipinski definition) is 1. The van der Waals surface area contributed by atoms with Gasteiger partial charge in [0.15, 0.2) is 0 Å². The maximum atomic E-state index is 10.6. The molecule has 0 aliphatic rings. The summed E-state index contributed by atoms with van der Waals surface area (Å²) in [7, 11) is -2.61. The standard InChI is InChI=1S/C8H9O2P/c1-7(11(9)10)8-5-3-2-4-6-8/h2-6,11H,1H2,(H,9,10). The maximum absolute atomic E-state index is 10.6. The lowest BCUT2D eigenvalue weighted by atomic mass is 10.2. The zero-order chi connectivity index (χ0) is 8.27. The summed E-state index contributed by atoms with van der Waals surface area (Å²) in [6, 6.07) is 9.00. The van der Waals surface area contributed by atoms with E-state index in [1.807, 2.05) is 18.2 Å². The van der Waals surface area contributed by atoms with Crippen molar-refractivity contribution in [3.63, 3.8) is 0 Å². The van der Waals surface area contributed by atoms with Gasteiger partial charge in [0.05, 0.1) is 0 Å². The summed E-state index contributed by atoms with van der Waals surface area (Å²) >= 11 is 0. The monoisotopic (exact) mass is 168 g/mol. The molecule has 0 aliphatic carbocycles. The van der Waals surface area contributed by atoms with Gasteiger partial charge in [-0.05, 0) is 5.56 Å². The summed E-state index contributed by atoms with van der Waals surface area (Å²) in [6.45, 7) is 3.51. The van der Waals surface area contributed by atoms with E-state index in [1.54, 1.807) is 12.1 Å². The molecule has 1 aromatic rings. The van der Waals surface area contributed by atoms with Crippen molar-refractivity contribution in [2.45, 2.75) is 0 Å². The van der Waals surface area contributed by atoms with E-state index in [-0.39, 0.29) is 0 Å². The van der Waals surface area contributed by atoms with Gasteiger partial charge in [-0.15, -0.1) is 0 Å². The van der Waals surface area contributed by atoms with Crippen LogP contribution in [0.15, 0.2) is 36.9 Å². The molecule has 0 aliphatic heterocycles. The van der Waals surface area contributed by atoms with Crippen molar-refractivity contribution >= 4 is 13.3 Å². The first-order chi connectivity index (χ1) is 5.22. The average molecular weight is 168 g/mol. The van der Waals surface area contributed by atoms with Gasteiger partial charge in [-0.2, -0.15) is 0 Å². The summed E-state index contributed by atoms with van der Waals surface area (Å²) in [5.41, 5.74) is 0.735. The van der Waals surface area contributed by atoms with Crippen LogP contribution in [-0.4, -0.2) is 4.89 Å². The summed E-state index contributed by atoms with van der Waals surface area (Å²) in [4.78, 5) is 8.72. The second-order valence-corrected chi connectivity index (χ2v) is 3.36. The molecule has 0 fully saturated rings. The first kappa shape index (κ1) is 8.25. The van der Waals surface area contributed by atoms with Crippen molar-refractivity contribution in [1.82, 2.24) is 0 Å². The molecule has 0 saturated heterocycles. The summed E-state index contributed by atoms with van der Waals surface area (Å²) in [5, 5.41) is 0.315. The lowest BCUT2D eigenvalue weighted by molar-refractivity contribution is 0.514. The third-order valence-corrected chi connectivity index (χ3v) is 2.19. The van der Waals surface area contributed by atoms with Gasteiger partial charge < -0.3 is 4.89 Å². The summed E-state index contributed by atoms with van der Waals surface area (Å²) in [5.74, 6) is 0. The van der Waals surface area contributed by atoms with Crippen LogP contribution in [0.2, 0.25) is 0 Å². The Balaban J connectivity index is 2.95. The van der Waals surface area contributed by atoms with Gasteiger partial charge in [-0.3, -0.25) is 4.57 Å². The van der Waals surface area contributed by atoms with E-state index in [9.17, 15) is 4.57 Å². The largest absolute Gasteiger partial charge is 0.343 e. The quantitative estimate of drug-likeness (QED) is 0.687. The van der Waals surface area contributed by atoms with Crippen molar-refractivity contribution in [1.29, 1.82) is 0 Å². The van der Waals surface area contributed by atoms with Gasteiger partial charge in [-0.1, -0.05) is 36.9 Å². The Kier molecular flexibility index (Phi) is 2.64. The first-order valence-corrected chi connectivity index (χ1v) is 4.55. The van der Waals surface area contributed by atoms with Crippen LogP contribution >= 0.6 is 8.03 Å². The zero-order valence-corrected chi connectivity index (χ0v) is 6.95. The second kappa shape index (κ2) is 3.51. The van der Waals surface area contributed by atoms with E-state index in [2.05, 4.69) is 6.58 Å². The minimum Gasteiger partial charge on any atom is -0.343 e. The van der Waals surface area contributed by atoms with Crippen LogP contribution in [0.4, 0.5) is 0 Å². The van der Waals surface area contributed by atoms with Crippen LogP contribution in [0.3, 0.4) is 0 Å². The van der Waals surface area contributed by atoms with E-state index < -0.39 is 8.03 Å². The fraction of sp³-hybridized carbons (Fsp3) is 0. The van der Waals surface area contributed by atoms with E-state index in [4.69, 9.17) is 4.89 Å². The van der Waals surface area contributed by atoms with Gasteiger partial charge in [0.25, 0.3) is 0 Å². The normalized spacial score (nSPS) is 12.5. The SMILES string of the molecule is C=C(c1ccccc1)[PH](=O)O. The van der Waals surface area contributed by atoms with Crippen molar-refractivity contribution < 1.29 is 9.46 Å². The molecule has 0 amide bonds. The van der Waals surface area contributed by atoms with E-state index in [0.717, 1.165) is 5.56 Å². The Bertz CT molecular complexity index is 279. The minimum atomic E-state index is -2.61. The molecule has 1 atom stereocenters. The third kappa shape index (κ3) is 2.04. The van der Waals surface area contributed by atoms with Crippen molar-refractivity contribution in [3.8, 4) is 0 Å². The Hall–Kier alpha value is -0.850. The van der Waals surface area contributed by atoms with E-state index >= 15 is 0 Å². The zero-order valence-electron chi connectivity index (χ0n) is 5.95. The number of hydrogen-bond donors (Lipinski definition) is 1. The second-order valence-electron chi connectivity index (χ2n) is 2.15. The molecular formula is C8H9O2P. The molecule has 0 radical (unpaired) electrons. The van der Waals surface area contributed by atoms with Crippen LogP contribution in [0.25, 0.3) is 5.31 Å². The van der Waals surface area contributed by atoms with Gasteiger partial charge in [0.2, 0.25) is 8.03 Å². The molecule has 0 spiro atoms. The Labute approximate surface area is 66.1 Å². The van der Waals surface area contributed by atoms with Crippen molar-refractivity contribution in [3.05, 3.63) is 42.5 Å². The van der Waals surface area contributed by atoms with Crippen LogP contribution in [-0.2, 0) is 4.57 Å². The molecule has 0 aromatic heterocycles. The molecule has 3 heteroatoms. The Morgan fingerprint density at radius 3 is 2.36 bits per heavy atom. The Morgan fingerprint density at radius 1 is 1.36 bits per heavy atom. The van der Waals surface area contributed by atoms with Crippen molar-refractivity contribution in [2.75, 3.05) is 0 Å². The van der Waals surface area contributed by atoms with Gasteiger partial charge in [-0.25, -0.2) is 0 Å². The highest BCUT2D eigenvalue weighted by molar-refractivity contribution is 7.50. The van der Waals surface area contributed by atoms with Crippen LogP contribution in [0, 0.1) is 0 Å². The fourth-order valence-electron chi connectivity index (χ4n) is 0.763. The molecule has 1 N–H and O–H groups in total. The highest BCUT2D eigenvalue weighted by atomic mass is 31.1. The number of rotatable bonds is 2. The molecule has 58 valence electrons. The van der Waals surface area contributed by atoms with E-state index in [1.165, 1.54) is 0 Å². The molecule has 1 unspecified atom stereocenters. The molecule has 0 saturated carbocycles. The molecule has 2 nitrogen and oxygen atoms in total. The van der Waals surface area contributed by atoms with Gasteiger partial charge >= 0.3 is 0 Å². The maximum Gasteiger partial charge on any atom is 0.218 e. The van der Waals surface area contributed by atoms with Crippen molar-refractivity contribution in [2.24, 2.45) is 0 Å². The van der Waals surface area contributed by atoms with Crippen LogP contribution < -0.4 is 0 Å². The Morgan fingerprint density at radius 2 is 1.91 bits per heavy atom. The topological polar surface area (TPSA) is 37.3 Å². The summed E-state index contributed by atoms with van der Waals surface area (Å²) in [6.07, 6.45) is 0. The molecule has 1 rings (SSSR count). The molecule has 0 bridgehead atoms. The highest BCUT2D eigenvalue weighted by Crippen LogP contribution is 2.33. The van der Waals surface area contributed by atoms with E-state index in [0.29, 0.717) is 5.31 Å². The van der Waals surface area contributed by atoms with Crippen LogP contribution in [0.1, 0.15) is 5.56 Å². The lowest BCUT2D eigenvalue weighted by Crippen LogP contribution is -1.74. The fourth-order valence-corrected chi connectivity index (χ4v) is 1.18. The van der Waals surface area contributed by atoms with Gasteiger partial charge in [0, 0.05) is 5.31 Å². The lowest BCUT2D eigenvalue weighted by Gasteiger charge is -1.98. The summed E-state index contributed by atoms with van der Waals surface area (Å²) < 4.78 is 10.6. The highest BCUT2D eigenvalue weighted by Gasteiger charge is 2.01. The average Bonchev–Trinajstić information content (AvgIpc) is 2.05. The number of benzene rings is 1. The molecular weight excluding hydrogens is 159 g/mol. The third-order valence-electron chi connectivity index (χ3n) is 1.38.